The number of aromatic nitrogens is 1. The molecule has 1 aliphatic carbocycles. The van der Waals surface area contributed by atoms with Gasteiger partial charge in [-0.1, -0.05) is 32.1 Å². The van der Waals surface area contributed by atoms with Crippen molar-refractivity contribution in [1.29, 1.82) is 0 Å². The summed E-state index contributed by atoms with van der Waals surface area (Å²) in [5.41, 5.74) is 1.96. The highest BCUT2D eigenvalue weighted by molar-refractivity contribution is 5.75. The molecule has 2 aliphatic rings. The number of nitrogens with zero attached hydrogens (tertiary/aromatic N) is 3. The summed E-state index contributed by atoms with van der Waals surface area (Å²) >= 11 is 0. The van der Waals surface area contributed by atoms with Crippen molar-refractivity contribution >= 4 is 11.7 Å². The predicted molar refractivity (Wildman–Crippen MR) is 92.4 cm³/mol. The minimum atomic E-state index is 0.0485. The zero-order valence-corrected chi connectivity index (χ0v) is 14.3. The molecule has 1 saturated heterocycles. The summed E-state index contributed by atoms with van der Waals surface area (Å²) in [6, 6.07) is 4.00. The fourth-order valence-electron chi connectivity index (χ4n) is 3.83. The Morgan fingerprint density at radius 3 is 2.70 bits per heavy atom. The maximum Gasteiger partial charge on any atom is 0.317 e. The van der Waals surface area contributed by atoms with Crippen LogP contribution in [-0.2, 0) is 6.54 Å². The van der Waals surface area contributed by atoms with E-state index in [1.165, 1.54) is 32.1 Å². The van der Waals surface area contributed by atoms with E-state index in [4.69, 9.17) is 0 Å². The van der Waals surface area contributed by atoms with E-state index in [9.17, 15) is 4.79 Å². The second-order valence-electron chi connectivity index (χ2n) is 7.09. The molecular formula is C18H28N4O. The molecule has 126 valence electrons. The summed E-state index contributed by atoms with van der Waals surface area (Å²) in [5, 5.41) is 3.02. The van der Waals surface area contributed by atoms with Gasteiger partial charge in [-0.05, 0) is 24.0 Å². The van der Waals surface area contributed by atoms with E-state index in [-0.39, 0.29) is 6.03 Å². The van der Waals surface area contributed by atoms with Gasteiger partial charge in [0.2, 0.25) is 0 Å². The Bertz CT molecular complexity index is 534. The van der Waals surface area contributed by atoms with E-state index in [1.807, 2.05) is 36.0 Å². The molecule has 0 aromatic carbocycles. The Hall–Kier alpha value is -1.78. The third-order valence-corrected chi connectivity index (χ3v) is 5.27. The van der Waals surface area contributed by atoms with Gasteiger partial charge < -0.3 is 15.1 Å². The molecule has 0 spiro atoms. The average Bonchev–Trinajstić information content (AvgIpc) is 2.52. The van der Waals surface area contributed by atoms with Crippen molar-refractivity contribution in [3.8, 4) is 0 Å². The zero-order chi connectivity index (χ0) is 16.2. The molecule has 1 aromatic rings. The summed E-state index contributed by atoms with van der Waals surface area (Å²) in [7, 11) is 3.99. The van der Waals surface area contributed by atoms with Gasteiger partial charge in [-0.3, -0.25) is 4.98 Å². The third-order valence-electron chi connectivity index (χ3n) is 5.27. The van der Waals surface area contributed by atoms with Crippen molar-refractivity contribution in [2.45, 2.75) is 38.6 Å². The van der Waals surface area contributed by atoms with Gasteiger partial charge >= 0.3 is 6.03 Å². The van der Waals surface area contributed by atoms with E-state index in [0.717, 1.165) is 36.3 Å². The number of carbonyl (C=O) groups is 1. The van der Waals surface area contributed by atoms with Crippen molar-refractivity contribution < 1.29 is 4.79 Å². The van der Waals surface area contributed by atoms with E-state index < -0.39 is 0 Å². The Morgan fingerprint density at radius 1 is 1.26 bits per heavy atom. The van der Waals surface area contributed by atoms with E-state index in [0.29, 0.717) is 6.54 Å². The van der Waals surface area contributed by atoms with Crippen molar-refractivity contribution in [2.75, 3.05) is 32.1 Å². The van der Waals surface area contributed by atoms with Crippen LogP contribution in [0.2, 0.25) is 0 Å². The quantitative estimate of drug-likeness (QED) is 0.929. The van der Waals surface area contributed by atoms with Crippen molar-refractivity contribution in [2.24, 2.45) is 11.8 Å². The largest absolute Gasteiger partial charge is 0.376 e. The molecule has 5 nitrogen and oxygen atoms in total. The van der Waals surface area contributed by atoms with Crippen LogP contribution in [0.15, 0.2) is 18.3 Å². The number of pyridine rings is 1. The van der Waals surface area contributed by atoms with Crippen LogP contribution >= 0.6 is 0 Å². The van der Waals surface area contributed by atoms with Crippen LogP contribution in [-0.4, -0.2) is 43.1 Å². The highest BCUT2D eigenvalue weighted by Gasteiger charge is 2.36. The third kappa shape index (κ3) is 3.77. The molecule has 0 unspecified atom stereocenters. The molecule has 1 saturated carbocycles. The number of nitrogens with one attached hydrogen (secondary N) is 1. The monoisotopic (exact) mass is 316 g/mol. The maximum absolute atomic E-state index is 12.3. The average molecular weight is 316 g/mol. The molecule has 0 bridgehead atoms. The first-order valence-corrected chi connectivity index (χ1v) is 8.79. The van der Waals surface area contributed by atoms with Gasteiger partial charge in [-0.15, -0.1) is 0 Å². The summed E-state index contributed by atoms with van der Waals surface area (Å²) in [6.07, 6.45) is 8.64. The number of anilines is 1. The zero-order valence-electron chi connectivity index (χ0n) is 14.3. The highest BCUT2D eigenvalue weighted by Crippen LogP contribution is 2.34. The van der Waals surface area contributed by atoms with Crippen LogP contribution < -0.4 is 10.2 Å². The molecule has 5 heteroatoms. The number of hydrogen-bond donors (Lipinski definition) is 1. The highest BCUT2D eigenvalue weighted by atomic mass is 16.2. The van der Waals surface area contributed by atoms with Gasteiger partial charge in [0, 0.05) is 33.4 Å². The molecule has 2 amide bonds. The summed E-state index contributed by atoms with van der Waals surface area (Å²) in [6.45, 7) is 2.34. The van der Waals surface area contributed by atoms with Gasteiger partial charge in [-0.25, -0.2) is 4.79 Å². The van der Waals surface area contributed by atoms with Crippen LogP contribution in [0.4, 0.5) is 10.5 Å². The van der Waals surface area contributed by atoms with Crippen LogP contribution in [0.25, 0.3) is 0 Å². The number of likely N-dealkylation sites (tertiary alicyclic amines) is 1. The van der Waals surface area contributed by atoms with E-state index in [1.54, 1.807) is 6.20 Å². The first kappa shape index (κ1) is 16.1. The second kappa shape index (κ2) is 7.20. The molecule has 1 N–H and O–H groups in total. The van der Waals surface area contributed by atoms with Gasteiger partial charge in [0.25, 0.3) is 0 Å². The topological polar surface area (TPSA) is 48.5 Å². The standard InChI is InChI=1S/C18H28N4O/c1-21(2)17-9-6-10-19-16(17)11-20-18(23)22-12-15(13-22)14-7-4-3-5-8-14/h6,9-10,14-15H,3-5,7-8,11-13H2,1-2H3,(H,20,23). The Kier molecular flexibility index (Phi) is 5.03. The van der Waals surface area contributed by atoms with Gasteiger partial charge in [0.15, 0.2) is 0 Å². The summed E-state index contributed by atoms with van der Waals surface area (Å²) in [4.78, 5) is 20.6. The van der Waals surface area contributed by atoms with Crippen LogP contribution in [0, 0.1) is 11.8 Å². The number of carbonyl (C=O) groups excluding carboxylic acids is 1. The molecule has 2 fully saturated rings. The van der Waals surface area contributed by atoms with Crippen LogP contribution in [0.1, 0.15) is 37.8 Å². The fourth-order valence-corrected chi connectivity index (χ4v) is 3.83. The lowest BCUT2D eigenvalue weighted by Gasteiger charge is -2.44. The Morgan fingerprint density at radius 2 is 2.00 bits per heavy atom. The van der Waals surface area contributed by atoms with E-state index in [2.05, 4.69) is 10.3 Å². The van der Waals surface area contributed by atoms with E-state index >= 15 is 0 Å². The molecular weight excluding hydrogens is 288 g/mol. The van der Waals surface area contributed by atoms with Crippen molar-refractivity contribution in [3.05, 3.63) is 24.0 Å². The number of rotatable bonds is 4. The lowest BCUT2D eigenvalue weighted by Crippen LogP contribution is -2.55. The molecule has 1 aliphatic heterocycles. The molecule has 0 atom stereocenters. The minimum Gasteiger partial charge on any atom is -0.376 e. The van der Waals surface area contributed by atoms with Crippen LogP contribution in [0.5, 0.6) is 0 Å². The Labute approximate surface area is 139 Å². The molecule has 3 rings (SSSR count). The van der Waals surface area contributed by atoms with Crippen molar-refractivity contribution in [1.82, 2.24) is 15.2 Å². The lowest BCUT2D eigenvalue weighted by atomic mass is 9.76. The van der Waals surface area contributed by atoms with Gasteiger partial charge in [0.05, 0.1) is 17.9 Å². The summed E-state index contributed by atoms with van der Waals surface area (Å²) < 4.78 is 0. The molecule has 23 heavy (non-hydrogen) atoms. The maximum atomic E-state index is 12.3. The normalized spacial score (nSPS) is 19.3. The Balaban J connectivity index is 1.46. The molecule has 1 aromatic heterocycles. The molecule has 0 radical (unpaired) electrons. The second-order valence-corrected chi connectivity index (χ2v) is 7.09. The van der Waals surface area contributed by atoms with Gasteiger partial charge in [0.1, 0.15) is 0 Å². The number of hydrogen-bond acceptors (Lipinski definition) is 3. The minimum absolute atomic E-state index is 0.0485. The number of urea groups is 1. The first-order chi connectivity index (χ1) is 11.1. The van der Waals surface area contributed by atoms with Crippen molar-refractivity contribution in [3.63, 3.8) is 0 Å². The summed E-state index contributed by atoms with van der Waals surface area (Å²) in [5.74, 6) is 1.58. The number of amides is 2. The molecule has 2 heterocycles. The lowest BCUT2D eigenvalue weighted by molar-refractivity contribution is 0.0682. The van der Waals surface area contributed by atoms with Crippen LogP contribution in [0.3, 0.4) is 0 Å². The first-order valence-electron chi connectivity index (χ1n) is 8.79. The predicted octanol–water partition coefficient (Wildman–Crippen LogP) is 2.87. The fraction of sp³-hybridized carbons (Fsp3) is 0.667. The SMILES string of the molecule is CN(C)c1cccnc1CNC(=O)N1CC(C2CCCCC2)C1. The smallest absolute Gasteiger partial charge is 0.317 e. The van der Waals surface area contributed by atoms with Gasteiger partial charge in [-0.2, -0.15) is 0 Å².